The van der Waals surface area contributed by atoms with Gasteiger partial charge in [-0.05, 0) is 116 Å². The average molecular weight is 501 g/mol. The van der Waals surface area contributed by atoms with Crippen LogP contribution in [-0.2, 0) is 0 Å². The molecule has 4 heteroatoms. The Morgan fingerprint density at radius 1 is 0.914 bits per heavy atom. The zero-order valence-corrected chi connectivity index (χ0v) is 23.9. The van der Waals surface area contributed by atoms with Gasteiger partial charge in [-0.25, -0.2) is 0 Å². The number of hydrogen-bond donors (Lipinski definition) is 1. The van der Waals surface area contributed by atoms with Crippen molar-refractivity contribution in [3.05, 3.63) is 0 Å². The molecule has 5 saturated carbocycles. The van der Waals surface area contributed by atoms with Gasteiger partial charge in [0.25, 0.3) is 0 Å². The summed E-state index contributed by atoms with van der Waals surface area (Å²) in [4.78, 5) is 0. The molecule has 0 amide bonds. The summed E-state index contributed by atoms with van der Waals surface area (Å²) in [5, 5.41) is 10.3. The third kappa shape index (κ3) is 4.97. The molecule has 5 rings (SSSR count). The van der Waals surface area contributed by atoms with Crippen molar-refractivity contribution in [1.29, 1.82) is 0 Å². The highest BCUT2D eigenvalue weighted by atomic mass is 19.4. The van der Waals surface area contributed by atoms with Crippen LogP contribution >= 0.6 is 0 Å². The summed E-state index contributed by atoms with van der Waals surface area (Å²) < 4.78 is 39.0. The second kappa shape index (κ2) is 10.9. The Morgan fingerprint density at radius 3 is 2.17 bits per heavy atom. The van der Waals surface area contributed by atoms with E-state index < -0.39 is 12.1 Å². The number of aliphatic hydroxyl groups is 1. The van der Waals surface area contributed by atoms with Crippen LogP contribution in [0.2, 0.25) is 0 Å². The molecule has 0 spiro atoms. The topological polar surface area (TPSA) is 20.2 Å². The lowest BCUT2D eigenvalue weighted by atomic mass is 9.43. The number of halogens is 3. The summed E-state index contributed by atoms with van der Waals surface area (Å²) in [6.07, 6.45) is 6.25. The normalized spacial score (nSPS) is 48.5. The molecular formula is C31H55F3O. The quantitative estimate of drug-likeness (QED) is 0.407. The molecule has 0 saturated heterocycles. The van der Waals surface area contributed by atoms with Gasteiger partial charge in [0.2, 0.25) is 0 Å². The number of hydrogen-bond acceptors (Lipinski definition) is 1. The molecule has 5 fully saturated rings. The minimum Gasteiger partial charge on any atom is -0.393 e. The monoisotopic (exact) mass is 500 g/mol. The lowest BCUT2D eigenvalue weighted by Gasteiger charge is -2.62. The summed E-state index contributed by atoms with van der Waals surface area (Å²) >= 11 is 0. The van der Waals surface area contributed by atoms with Crippen molar-refractivity contribution in [2.75, 3.05) is 0 Å². The molecule has 35 heavy (non-hydrogen) atoms. The molecule has 1 nitrogen and oxygen atoms in total. The molecule has 0 heterocycles. The molecule has 5 aliphatic rings. The summed E-state index contributed by atoms with van der Waals surface area (Å²) in [5.74, 6) is 4.94. The molecule has 206 valence electrons. The Kier molecular flexibility index (Phi) is 9.09. The molecule has 0 aliphatic heterocycles. The fourth-order valence-corrected chi connectivity index (χ4v) is 10.2. The van der Waals surface area contributed by atoms with Crippen molar-refractivity contribution < 1.29 is 18.3 Å². The second-order valence-electron chi connectivity index (χ2n) is 13.0. The van der Waals surface area contributed by atoms with Crippen molar-refractivity contribution in [3.8, 4) is 0 Å². The molecule has 1 N–H and O–H groups in total. The van der Waals surface area contributed by atoms with Gasteiger partial charge in [0, 0.05) is 0 Å². The van der Waals surface area contributed by atoms with Gasteiger partial charge in [-0.2, -0.15) is 13.2 Å². The predicted octanol–water partition coefficient (Wildman–Crippen LogP) is 9.53. The lowest BCUT2D eigenvalue weighted by molar-refractivity contribution is -0.171. The number of alkyl halides is 3. The Bertz CT molecular complexity index is 691. The number of fused-ring (bicyclic) bond motifs is 7. The molecular weight excluding hydrogens is 445 g/mol. The highest BCUT2D eigenvalue weighted by Gasteiger charge is 2.72. The van der Waals surface area contributed by atoms with Crippen molar-refractivity contribution in [3.63, 3.8) is 0 Å². The fourth-order valence-electron chi connectivity index (χ4n) is 10.2. The van der Waals surface area contributed by atoms with Gasteiger partial charge < -0.3 is 5.11 Å². The Labute approximate surface area is 214 Å². The number of rotatable bonds is 4. The van der Waals surface area contributed by atoms with Gasteiger partial charge >= 0.3 is 6.18 Å². The van der Waals surface area contributed by atoms with Crippen LogP contribution in [0, 0.1) is 64.1 Å². The maximum Gasteiger partial charge on any atom is 0.391 e. The third-order valence-corrected chi connectivity index (χ3v) is 11.9. The van der Waals surface area contributed by atoms with E-state index in [-0.39, 0.29) is 6.10 Å². The lowest BCUT2D eigenvalue weighted by Crippen LogP contribution is -2.55. The molecule has 0 bridgehead atoms. The van der Waals surface area contributed by atoms with Gasteiger partial charge in [-0.15, -0.1) is 0 Å². The van der Waals surface area contributed by atoms with Crippen LogP contribution in [-0.4, -0.2) is 17.4 Å². The minimum atomic E-state index is -4.04. The second-order valence-corrected chi connectivity index (χ2v) is 13.0. The Morgan fingerprint density at radius 2 is 1.54 bits per heavy atom. The van der Waals surface area contributed by atoms with Crippen LogP contribution in [0.4, 0.5) is 13.2 Å². The summed E-state index contributed by atoms with van der Waals surface area (Å²) in [6.45, 7) is 16.9. The van der Waals surface area contributed by atoms with E-state index in [0.29, 0.717) is 29.1 Å². The van der Waals surface area contributed by atoms with E-state index in [1.807, 2.05) is 27.7 Å². The fraction of sp³-hybridized carbons (Fsp3) is 1.00. The maximum atomic E-state index is 13.0. The van der Waals surface area contributed by atoms with Crippen LogP contribution in [0.5, 0.6) is 0 Å². The van der Waals surface area contributed by atoms with Crippen LogP contribution in [0.25, 0.3) is 0 Å². The van der Waals surface area contributed by atoms with Crippen LogP contribution < -0.4 is 0 Å². The van der Waals surface area contributed by atoms with Gasteiger partial charge in [-0.1, -0.05) is 61.8 Å². The van der Waals surface area contributed by atoms with Crippen LogP contribution in [0.1, 0.15) is 120 Å². The number of aliphatic hydroxyl groups excluding tert-OH is 1. The highest BCUT2D eigenvalue weighted by molar-refractivity contribution is 5.20. The first kappa shape index (κ1) is 29.3. The SMILES string of the molecule is CC.CC.CC(CCCC1C2C(C3C4CCC5CC(O)CCC5(C)C4CCC13C)[C@@H]2C)C(F)(F)F. The largest absolute Gasteiger partial charge is 0.393 e. The molecule has 0 aromatic carbocycles. The summed E-state index contributed by atoms with van der Waals surface area (Å²) in [7, 11) is 0. The van der Waals surface area contributed by atoms with Crippen molar-refractivity contribution in [2.24, 2.45) is 64.1 Å². The zero-order valence-electron chi connectivity index (χ0n) is 23.9. The first-order valence-corrected chi connectivity index (χ1v) is 15.2. The Hall–Kier alpha value is -0.250. The van der Waals surface area contributed by atoms with Gasteiger partial charge in [0.15, 0.2) is 0 Å². The highest BCUT2D eigenvalue weighted by Crippen LogP contribution is 2.78. The summed E-state index contributed by atoms with van der Waals surface area (Å²) in [5.41, 5.74) is 0.749. The molecule has 0 aromatic heterocycles. The van der Waals surface area contributed by atoms with Gasteiger partial charge in [0.1, 0.15) is 0 Å². The molecule has 12 atom stereocenters. The van der Waals surface area contributed by atoms with E-state index in [0.717, 1.165) is 61.2 Å². The zero-order chi connectivity index (χ0) is 26.3. The Balaban J connectivity index is 0.000000815. The first-order valence-electron chi connectivity index (χ1n) is 15.2. The summed E-state index contributed by atoms with van der Waals surface area (Å²) in [6, 6.07) is 0. The molecule has 5 aliphatic carbocycles. The van der Waals surface area contributed by atoms with E-state index >= 15 is 0 Å². The third-order valence-electron chi connectivity index (χ3n) is 11.9. The molecule has 0 radical (unpaired) electrons. The standard InChI is InChI=1S/C27H43F3O.2C2H6/c1-15(27(28,29)30)6-5-7-21-22-16(2)23(22)24-19-9-8-17-14-18(31)10-12-25(17,3)20(19)11-13-26(21,24)4;2*1-2/h15-24,31H,5-14H2,1-4H3;2*1-2H3/t15?,16-,17?,18?,19?,20?,21?,22?,23?,24?,25?,26?;;/m1../s1. The van der Waals surface area contributed by atoms with Crippen LogP contribution in [0.15, 0.2) is 0 Å². The molecule has 11 unspecified atom stereocenters. The predicted molar refractivity (Wildman–Crippen MR) is 140 cm³/mol. The first-order chi connectivity index (χ1) is 16.5. The average Bonchev–Trinajstić information content (AvgIpc) is 3.37. The van der Waals surface area contributed by atoms with Crippen molar-refractivity contribution >= 4 is 0 Å². The van der Waals surface area contributed by atoms with Crippen molar-refractivity contribution in [1.82, 2.24) is 0 Å². The van der Waals surface area contributed by atoms with E-state index in [2.05, 4.69) is 20.8 Å². The smallest absolute Gasteiger partial charge is 0.391 e. The van der Waals surface area contributed by atoms with E-state index in [1.54, 1.807) is 0 Å². The van der Waals surface area contributed by atoms with E-state index in [4.69, 9.17) is 0 Å². The van der Waals surface area contributed by atoms with Crippen molar-refractivity contribution in [2.45, 2.75) is 132 Å². The van der Waals surface area contributed by atoms with E-state index in [9.17, 15) is 18.3 Å². The molecule has 0 aromatic rings. The van der Waals surface area contributed by atoms with Gasteiger partial charge in [-0.3, -0.25) is 0 Å². The van der Waals surface area contributed by atoms with Gasteiger partial charge in [0.05, 0.1) is 12.0 Å². The maximum absolute atomic E-state index is 13.0. The van der Waals surface area contributed by atoms with Crippen LogP contribution in [0.3, 0.4) is 0 Å². The van der Waals surface area contributed by atoms with E-state index in [1.165, 1.54) is 39.0 Å². The minimum absolute atomic E-state index is 0.0914.